The molecule has 2 rings (SSSR count). The quantitative estimate of drug-likeness (QED) is 0.897. The highest BCUT2D eigenvalue weighted by atomic mass is 35.5. The van der Waals surface area contributed by atoms with Crippen LogP contribution < -0.4 is 11.1 Å². The van der Waals surface area contributed by atoms with Crippen LogP contribution in [0.4, 0.5) is 0 Å². The number of benzene rings is 1. The van der Waals surface area contributed by atoms with Crippen LogP contribution in [-0.2, 0) is 11.2 Å². The molecule has 112 valence electrons. The summed E-state index contributed by atoms with van der Waals surface area (Å²) in [6.07, 6.45) is 4.75. The maximum absolute atomic E-state index is 12.0. The second-order valence-corrected chi connectivity index (χ2v) is 5.73. The first kappa shape index (κ1) is 17.3. The smallest absolute Gasteiger partial charge is 0.223 e. The highest BCUT2D eigenvalue weighted by Crippen LogP contribution is 2.23. The van der Waals surface area contributed by atoms with Gasteiger partial charge in [0.15, 0.2) is 0 Å². The van der Waals surface area contributed by atoms with Crippen molar-refractivity contribution in [2.45, 2.75) is 38.1 Å². The van der Waals surface area contributed by atoms with Gasteiger partial charge in [-0.05, 0) is 43.4 Å². The molecule has 0 bridgehead atoms. The van der Waals surface area contributed by atoms with Crippen LogP contribution in [0.15, 0.2) is 24.3 Å². The summed E-state index contributed by atoms with van der Waals surface area (Å²) in [5, 5.41) is 3.75. The van der Waals surface area contributed by atoms with Crippen molar-refractivity contribution in [1.29, 1.82) is 0 Å². The van der Waals surface area contributed by atoms with Gasteiger partial charge in [0.25, 0.3) is 0 Å². The molecule has 1 aliphatic carbocycles. The summed E-state index contributed by atoms with van der Waals surface area (Å²) in [7, 11) is 0. The Morgan fingerprint density at radius 3 is 2.65 bits per heavy atom. The molecule has 5 heteroatoms. The summed E-state index contributed by atoms with van der Waals surface area (Å²) in [5.41, 5.74) is 7.09. The van der Waals surface area contributed by atoms with Crippen LogP contribution in [0.1, 0.15) is 31.2 Å². The highest BCUT2D eigenvalue weighted by molar-refractivity contribution is 6.30. The molecule has 1 aromatic carbocycles. The fraction of sp³-hybridized carbons (Fsp3) is 0.533. The van der Waals surface area contributed by atoms with Crippen LogP contribution in [0.5, 0.6) is 0 Å². The Morgan fingerprint density at radius 2 is 2.00 bits per heavy atom. The first-order valence-electron chi connectivity index (χ1n) is 6.93. The van der Waals surface area contributed by atoms with E-state index in [2.05, 4.69) is 5.32 Å². The van der Waals surface area contributed by atoms with Gasteiger partial charge in [-0.3, -0.25) is 4.79 Å². The van der Waals surface area contributed by atoms with Crippen molar-refractivity contribution in [3.63, 3.8) is 0 Å². The minimum atomic E-state index is 0. The molecule has 20 heavy (non-hydrogen) atoms. The van der Waals surface area contributed by atoms with Gasteiger partial charge in [-0.15, -0.1) is 12.4 Å². The normalized spacial score (nSPS) is 21.9. The van der Waals surface area contributed by atoms with Crippen molar-refractivity contribution >= 4 is 29.9 Å². The Morgan fingerprint density at radius 1 is 1.30 bits per heavy atom. The molecule has 0 radical (unpaired) electrons. The van der Waals surface area contributed by atoms with Gasteiger partial charge >= 0.3 is 0 Å². The van der Waals surface area contributed by atoms with Gasteiger partial charge in [-0.2, -0.15) is 0 Å². The van der Waals surface area contributed by atoms with Gasteiger partial charge in [0.1, 0.15) is 0 Å². The van der Waals surface area contributed by atoms with Crippen molar-refractivity contribution < 1.29 is 4.79 Å². The third-order valence-corrected chi connectivity index (χ3v) is 3.96. The first-order chi connectivity index (χ1) is 9.15. The summed E-state index contributed by atoms with van der Waals surface area (Å²) in [6, 6.07) is 7.93. The lowest BCUT2D eigenvalue weighted by Crippen LogP contribution is -2.38. The predicted octanol–water partition coefficient (Wildman–Crippen LogP) is 2.94. The Hall–Kier alpha value is -0.770. The van der Waals surface area contributed by atoms with Crippen LogP contribution in [0.2, 0.25) is 5.02 Å². The summed E-state index contributed by atoms with van der Waals surface area (Å²) in [6.45, 7) is 0.673. The van der Waals surface area contributed by atoms with Crippen molar-refractivity contribution in [2.24, 2.45) is 11.7 Å². The first-order valence-corrected chi connectivity index (χ1v) is 7.30. The Bertz CT molecular complexity index is 422. The van der Waals surface area contributed by atoms with E-state index in [1.54, 1.807) is 0 Å². The fourth-order valence-corrected chi connectivity index (χ4v) is 2.72. The van der Waals surface area contributed by atoms with Gasteiger partial charge in [0.05, 0.1) is 0 Å². The van der Waals surface area contributed by atoms with Crippen molar-refractivity contribution in [3.8, 4) is 0 Å². The van der Waals surface area contributed by atoms with E-state index in [1.165, 1.54) is 5.56 Å². The number of amides is 1. The summed E-state index contributed by atoms with van der Waals surface area (Å²) in [5.74, 6) is 0.262. The molecule has 1 saturated carbocycles. The molecule has 1 aromatic rings. The molecule has 2 unspecified atom stereocenters. The molecular formula is C15H22Cl2N2O. The molecule has 0 spiro atoms. The van der Waals surface area contributed by atoms with Crippen LogP contribution in [0.3, 0.4) is 0 Å². The zero-order valence-corrected chi connectivity index (χ0v) is 13.1. The molecular weight excluding hydrogens is 295 g/mol. The number of halogens is 2. The number of nitrogens with one attached hydrogen (secondary N) is 1. The molecule has 0 heterocycles. The van der Waals surface area contributed by atoms with Gasteiger partial charge < -0.3 is 11.1 Å². The maximum atomic E-state index is 12.0. The van der Waals surface area contributed by atoms with Crippen molar-refractivity contribution in [2.75, 3.05) is 6.54 Å². The lowest BCUT2D eigenvalue weighted by Gasteiger charge is -2.25. The monoisotopic (exact) mass is 316 g/mol. The number of carbonyl (C=O) groups is 1. The molecule has 0 saturated heterocycles. The zero-order chi connectivity index (χ0) is 13.7. The van der Waals surface area contributed by atoms with Gasteiger partial charge in [0, 0.05) is 23.5 Å². The summed E-state index contributed by atoms with van der Waals surface area (Å²) < 4.78 is 0. The van der Waals surface area contributed by atoms with Crippen molar-refractivity contribution in [1.82, 2.24) is 5.32 Å². The third kappa shape index (κ3) is 5.31. The number of nitrogens with two attached hydrogens (primary N) is 1. The minimum Gasteiger partial charge on any atom is -0.356 e. The third-order valence-electron chi connectivity index (χ3n) is 3.71. The average molecular weight is 317 g/mol. The average Bonchev–Trinajstić information content (AvgIpc) is 2.41. The van der Waals surface area contributed by atoms with E-state index >= 15 is 0 Å². The molecule has 1 amide bonds. The largest absolute Gasteiger partial charge is 0.356 e. The van der Waals surface area contributed by atoms with Gasteiger partial charge in [-0.1, -0.05) is 30.2 Å². The summed E-state index contributed by atoms with van der Waals surface area (Å²) in [4.78, 5) is 12.0. The van der Waals surface area contributed by atoms with E-state index < -0.39 is 0 Å². The lowest BCUT2D eigenvalue weighted by molar-refractivity contribution is -0.126. The number of carbonyl (C=O) groups excluding carboxylic acids is 1. The van der Waals surface area contributed by atoms with E-state index in [4.69, 9.17) is 17.3 Å². The molecule has 2 atom stereocenters. The Labute approximate surface area is 131 Å². The highest BCUT2D eigenvalue weighted by Gasteiger charge is 2.24. The SMILES string of the molecule is Cl.NC1CCCC(C(=O)NCCc2ccc(Cl)cc2)C1. The van der Waals surface area contributed by atoms with Crippen molar-refractivity contribution in [3.05, 3.63) is 34.9 Å². The molecule has 1 aliphatic rings. The second-order valence-electron chi connectivity index (χ2n) is 5.29. The lowest BCUT2D eigenvalue weighted by atomic mass is 9.85. The summed E-state index contributed by atoms with van der Waals surface area (Å²) >= 11 is 5.83. The topological polar surface area (TPSA) is 55.1 Å². The van der Waals surface area contributed by atoms with E-state index in [1.807, 2.05) is 24.3 Å². The molecule has 0 aromatic heterocycles. The number of rotatable bonds is 4. The number of hydrogen-bond acceptors (Lipinski definition) is 2. The van der Waals surface area contributed by atoms with E-state index in [0.717, 1.165) is 37.1 Å². The Kier molecular flexibility index (Phi) is 7.35. The minimum absolute atomic E-state index is 0. The van der Waals surface area contributed by atoms with Crippen LogP contribution >= 0.6 is 24.0 Å². The maximum Gasteiger partial charge on any atom is 0.223 e. The molecule has 3 nitrogen and oxygen atoms in total. The van der Waals surface area contributed by atoms with Crippen LogP contribution in [-0.4, -0.2) is 18.5 Å². The molecule has 0 aliphatic heterocycles. The molecule has 1 fully saturated rings. The van der Waals surface area contributed by atoms with E-state index in [0.29, 0.717) is 6.54 Å². The fourth-order valence-electron chi connectivity index (χ4n) is 2.59. The second kappa shape index (κ2) is 8.50. The molecule has 3 N–H and O–H groups in total. The Balaban J connectivity index is 0.00000200. The zero-order valence-electron chi connectivity index (χ0n) is 11.5. The predicted molar refractivity (Wildman–Crippen MR) is 85.3 cm³/mol. The van der Waals surface area contributed by atoms with E-state index in [9.17, 15) is 4.79 Å². The number of hydrogen-bond donors (Lipinski definition) is 2. The van der Waals surface area contributed by atoms with Gasteiger partial charge in [-0.25, -0.2) is 0 Å². The van der Waals surface area contributed by atoms with Crippen LogP contribution in [0.25, 0.3) is 0 Å². The van der Waals surface area contributed by atoms with Gasteiger partial charge in [0.2, 0.25) is 5.91 Å². The van der Waals surface area contributed by atoms with Crippen LogP contribution in [0, 0.1) is 5.92 Å². The standard InChI is InChI=1S/C15H21ClN2O.ClH/c16-13-6-4-11(5-7-13)8-9-18-15(19)12-2-1-3-14(17)10-12;/h4-7,12,14H,1-3,8-10,17H2,(H,18,19);1H. The van der Waals surface area contributed by atoms with E-state index in [-0.39, 0.29) is 30.3 Å².